The van der Waals surface area contributed by atoms with Crippen LogP contribution in [0.25, 0.3) is 0 Å². The lowest BCUT2D eigenvalue weighted by molar-refractivity contribution is -0.142. The number of ether oxygens (including phenoxy) is 3. The molecule has 0 unspecified atom stereocenters. The highest BCUT2D eigenvalue weighted by molar-refractivity contribution is 6.30. The van der Waals surface area contributed by atoms with E-state index in [9.17, 15) is 19.2 Å². The van der Waals surface area contributed by atoms with Crippen LogP contribution in [-0.2, 0) is 25.6 Å². The van der Waals surface area contributed by atoms with E-state index in [1.165, 1.54) is 14.0 Å². The Balaban J connectivity index is 2.46. The zero-order valence-electron chi connectivity index (χ0n) is 25.0. The van der Waals surface area contributed by atoms with Gasteiger partial charge in [-0.15, -0.1) is 0 Å². The van der Waals surface area contributed by atoms with Crippen molar-refractivity contribution in [2.75, 3.05) is 7.11 Å². The van der Waals surface area contributed by atoms with Gasteiger partial charge < -0.3 is 35.5 Å². The van der Waals surface area contributed by atoms with Gasteiger partial charge in [0.05, 0.1) is 25.2 Å². The third-order valence-corrected chi connectivity index (χ3v) is 6.31. The molecule has 0 aliphatic heterocycles. The number of carbonyl (C=O) groups is 4. The molecule has 4 atom stereocenters. The molecule has 0 aliphatic rings. The van der Waals surface area contributed by atoms with Crippen molar-refractivity contribution in [2.45, 2.75) is 77.9 Å². The van der Waals surface area contributed by atoms with Crippen LogP contribution >= 0.6 is 11.6 Å². The summed E-state index contributed by atoms with van der Waals surface area (Å²) in [6.45, 7) is 10.4. The van der Waals surface area contributed by atoms with Gasteiger partial charge in [-0.3, -0.25) is 0 Å². The summed E-state index contributed by atoms with van der Waals surface area (Å²) >= 11 is 6.13. The molecule has 2 aromatic rings. The molecule has 0 bridgehead atoms. The van der Waals surface area contributed by atoms with E-state index in [0.29, 0.717) is 10.6 Å². The van der Waals surface area contributed by atoms with E-state index < -0.39 is 54.0 Å². The first-order valence-corrected chi connectivity index (χ1v) is 13.9. The minimum absolute atomic E-state index is 0.0312. The maximum atomic E-state index is 13.2. The van der Waals surface area contributed by atoms with E-state index in [-0.39, 0.29) is 12.5 Å². The van der Waals surface area contributed by atoms with Gasteiger partial charge in [0, 0.05) is 5.02 Å². The predicted molar refractivity (Wildman–Crippen MR) is 159 cm³/mol. The lowest BCUT2D eigenvalue weighted by Crippen LogP contribution is -2.61. The minimum atomic E-state index is -0.968. The van der Waals surface area contributed by atoms with Gasteiger partial charge in [0.15, 0.2) is 0 Å². The van der Waals surface area contributed by atoms with Crippen molar-refractivity contribution in [3.63, 3.8) is 0 Å². The lowest BCUT2D eigenvalue weighted by atomic mass is 9.87. The van der Waals surface area contributed by atoms with Crippen molar-refractivity contribution < 1.29 is 33.4 Å². The van der Waals surface area contributed by atoms with Crippen molar-refractivity contribution >= 4 is 35.8 Å². The summed E-state index contributed by atoms with van der Waals surface area (Å²) in [7, 11) is 1.21. The Kier molecular flexibility index (Phi) is 12.9. The van der Waals surface area contributed by atoms with Crippen molar-refractivity contribution in [1.82, 2.24) is 21.3 Å². The van der Waals surface area contributed by atoms with Crippen LogP contribution in [-0.4, -0.2) is 55.0 Å². The summed E-state index contributed by atoms with van der Waals surface area (Å²) in [5.41, 5.74) is 0.564. The summed E-state index contributed by atoms with van der Waals surface area (Å²) in [6.07, 6.45) is -1.47. The van der Waals surface area contributed by atoms with E-state index in [1.54, 1.807) is 45.0 Å². The number of carbonyl (C=O) groups excluding carboxylic acids is 4. The topological polar surface area (TPSA) is 144 Å². The molecule has 0 saturated carbocycles. The maximum Gasteiger partial charge on any atom is 0.408 e. The average Bonchev–Trinajstić information content (AvgIpc) is 2.92. The molecule has 0 radical (unpaired) electrons. The number of hydrogen-bond acceptors (Lipinski definition) is 7. The first kappa shape index (κ1) is 34.2. The molecule has 2 rings (SSSR count). The number of benzene rings is 2. The summed E-state index contributed by atoms with van der Waals surface area (Å²) in [6, 6.07) is 11.5. The van der Waals surface area contributed by atoms with Crippen molar-refractivity contribution in [3.05, 3.63) is 70.7 Å². The number of esters is 1. The molecule has 0 fully saturated rings. The zero-order chi connectivity index (χ0) is 31.4. The second-order valence-corrected chi connectivity index (χ2v) is 11.5. The number of halogens is 1. The maximum absolute atomic E-state index is 13.2. The largest absolute Gasteiger partial charge is 0.467 e. The fourth-order valence-corrected chi connectivity index (χ4v) is 4.19. The molecule has 2 aromatic carbocycles. The molecular formula is C30H41ClN4O7. The molecule has 0 saturated heterocycles. The molecule has 230 valence electrons. The molecule has 4 amide bonds. The molecule has 42 heavy (non-hydrogen) atoms. The monoisotopic (exact) mass is 604 g/mol. The molecular weight excluding hydrogens is 564 g/mol. The van der Waals surface area contributed by atoms with Gasteiger partial charge in [-0.25, -0.2) is 19.2 Å². The van der Waals surface area contributed by atoms with Crippen LogP contribution in [0.4, 0.5) is 14.4 Å². The summed E-state index contributed by atoms with van der Waals surface area (Å²) < 4.78 is 15.7. The average molecular weight is 605 g/mol. The Morgan fingerprint density at radius 1 is 0.810 bits per heavy atom. The summed E-state index contributed by atoms with van der Waals surface area (Å²) in [5.74, 6) is -0.918. The molecule has 12 heteroatoms. The number of alkyl carbamates (subject to hydrolysis) is 2. The van der Waals surface area contributed by atoms with E-state index in [1.807, 2.05) is 44.2 Å². The Morgan fingerprint density at radius 3 is 1.98 bits per heavy atom. The van der Waals surface area contributed by atoms with Gasteiger partial charge in [0.25, 0.3) is 0 Å². The Labute approximate surface area is 252 Å². The second-order valence-electron chi connectivity index (χ2n) is 11.0. The fraction of sp³-hybridized carbons (Fsp3) is 0.467. The van der Waals surface area contributed by atoms with Gasteiger partial charge in [0.2, 0.25) is 0 Å². The van der Waals surface area contributed by atoms with Crippen molar-refractivity contribution in [2.24, 2.45) is 5.92 Å². The number of urea groups is 1. The van der Waals surface area contributed by atoms with Crippen molar-refractivity contribution in [3.8, 4) is 0 Å². The van der Waals surface area contributed by atoms with Gasteiger partial charge in [-0.2, -0.15) is 0 Å². The third-order valence-electron chi connectivity index (χ3n) is 6.06. The Bertz CT molecular complexity index is 1190. The highest BCUT2D eigenvalue weighted by atomic mass is 35.5. The summed E-state index contributed by atoms with van der Waals surface area (Å²) in [5, 5.41) is 11.5. The van der Waals surface area contributed by atoms with Gasteiger partial charge >= 0.3 is 24.2 Å². The first-order chi connectivity index (χ1) is 19.7. The third kappa shape index (κ3) is 11.5. The quantitative estimate of drug-likeness (QED) is 0.207. The molecule has 4 N–H and O–H groups in total. The Morgan fingerprint density at radius 2 is 1.43 bits per heavy atom. The van der Waals surface area contributed by atoms with E-state index in [2.05, 4.69) is 21.3 Å². The SMILES string of the molecule is COC(=O)[C@H](C)NC(=O)N[C@@H]([C@@H](NC(=O)OC(C)(C)C)c1ccc(Cl)cc1)[C@@H](NC(=O)OCc1ccccc1)C(C)C. The normalized spacial score (nSPS) is 14.0. The van der Waals surface area contributed by atoms with Crippen LogP contribution in [0.2, 0.25) is 5.02 Å². The number of amides is 4. The zero-order valence-corrected chi connectivity index (χ0v) is 25.8. The van der Waals surface area contributed by atoms with Crippen LogP contribution in [0.5, 0.6) is 0 Å². The summed E-state index contributed by atoms with van der Waals surface area (Å²) in [4.78, 5) is 51.1. The molecule has 11 nitrogen and oxygen atoms in total. The second kappa shape index (κ2) is 15.9. The van der Waals surface area contributed by atoms with Gasteiger partial charge in [-0.1, -0.05) is 67.9 Å². The highest BCUT2D eigenvalue weighted by Gasteiger charge is 2.37. The number of rotatable bonds is 11. The Hall–Kier alpha value is -3.99. The molecule has 0 aromatic heterocycles. The van der Waals surface area contributed by atoms with E-state index >= 15 is 0 Å². The van der Waals surface area contributed by atoms with Crippen LogP contribution in [0.3, 0.4) is 0 Å². The highest BCUT2D eigenvalue weighted by Crippen LogP contribution is 2.25. The van der Waals surface area contributed by atoms with Crippen LogP contribution in [0.15, 0.2) is 54.6 Å². The van der Waals surface area contributed by atoms with Crippen LogP contribution in [0, 0.1) is 5.92 Å². The molecule has 0 spiro atoms. The fourth-order valence-electron chi connectivity index (χ4n) is 4.06. The number of methoxy groups -OCH3 is 1. The smallest absolute Gasteiger partial charge is 0.408 e. The van der Waals surface area contributed by atoms with Crippen LogP contribution < -0.4 is 21.3 Å². The minimum Gasteiger partial charge on any atom is -0.467 e. The first-order valence-electron chi connectivity index (χ1n) is 13.6. The molecule has 0 aliphatic carbocycles. The number of nitrogens with one attached hydrogen (secondary N) is 4. The number of hydrogen-bond donors (Lipinski definition) is 4. The predicted octanol–water partition coefficient (Wildman–Crippen LogP) is 5.09. The lowest BCUT2D eigenvalue weighted by Gasteiger charge is -2.37. The van der Waals surface area contributed by atoms with Gasteiger partial charge in [0.1, 0.15) is 18.2 Å². The van der Waals surface area contributed by atoms with Crippen molar-refractivity contribution in [1.29, 1.82) is 0 Å². The standard InChI is InChI=1S/C30H41ClN4O7/c1-18(2)23(34-28(38)41-17-20-11-9-8-10-12-20)25(33-27(37)32-19(3)26(36)40-7)24(21-13-15-22(31)16-14-21)35-29(39)42-30(4,5)6/h8-16,18-19,23-25H,17H2,1-7H3,(H,34,38)(H,35,39)(H2,32,33,37)/t19-,23-,24-,25+/m0/s1. The molecule has 0 heterocycles. The van der Waals surface area contributed by atoms with E-state index in [4.69, 9.17) is 25.8 Å². The van der Waals surface area contributed by atoms with Crippen LogP contribution in [0.1, 0.15) is 58.7 Å². The van der Waals surface area contributed by atoms with E-state index in [0.717, 1.165) is 5.56 Å². The van der Waals surface area contributed by atoms with Gasteiger partial charge in [-0.05, 0) is 56.9 Å².